The van der Waals surface area contributed by atoms with Crippen molar-refractivity contribution in [1.29, 1.82) is 0 Å². The SMILES string of the molecule is Cc1cccn1C1CCN(CCc2ccccc2)C(N)C1. The molecule has 21 heavy (non-hydrogen) atoms. The Morgan fingerprint density at radius 3 is 2.62 bits per heavy atom. The second-order valence-electron chi connectivity index (χ2n) is 6.07. The van der Waals surface area contributed by atoms with Gasteiger partial charge in [-0.25, -0.2) is 0 Å². The lowest BCUT2D eigenvalue weighted by molar-refractivity contribution is 0.119. The minimum absolute atomic E-state index is 0.175. The molecule has 3 heteroatoms. The van der Waals surface area contributed by atoms with Crippen LogP contribution in [0, 0.1) is 6.92 Å². The first kappa shape index (κ1) is 14.4. The molecule has 1 aliphatic rings. The third-order valence-corrected chi connectivity index (χ3v) is 4.65. The van der Waals surface area contributed by atoms with Crippen LogP contribution in [0.5, 0.6) is 0 Å². The number of piperidine rings is 1. The fourth-order valence-corrected chi connectivity index (χ4v) is 3.36. The Kier molecular flexibility index (Phi) is 4.42. The molecule has 2 atom stereocenters. The van der Waals surface area contributed by atoms with E-state index >= 15 is 0 Å². The molecular formula is C18H25N3. The van der Waals surface area contributed by atoms with Crippen molar-refractivity contribution in [3.8, 4) is 0 Å². The van der Waals surface area contributed by atoms with Crippen LogP contribution in [0.4, 0.5) is 0 Å². The summed E-state index contributed by atoms with van der Waals surface area (Å²) < 4.78 is 2.38. The molecule has 1 aliphatic heterocycles. The molecule has 0 amide bonds. The molecule has 2 aromatic rings. The lowest BCUT2D eigenvalue weighted by Crippen LogP contribution is -2.49. The van der Waals surface area contributed by atoms with Gasteiger partial charge in [0.1, 0.15) is 0 Å². The number of nitrogens with zero attached hydrogens (tertiary/aromatic N) is 2. The summed E-state index contributed by atoms with van der Waals surface area (Å²) in [5, 5.41) is 0. The van der Waals surface area contributed by atoms with Crippen LogP contribution in [0.25, 0.3) is 0 Å². The molecule has 112 valence electrons. The zero-order valence-electron chi connectivity index (χ0n) is 12.8. The Hall–Kier alpha value is -1.58. The first-order chi connectivity index (χ1) is 10.2. The average molecular weight is 283 g/mol. The maximum atomic E-state index is 6.40. The van der Waals surface area contributed by atoms with Crippen LogP contribution in [0.15, 0.2) is 48.7 Å². The molecule has 3 rings (SSSR count). The van der Waals surface area contributed by atoms with E-state index in [1.807, 2.05) is 0 Å². The van der Waals surface area contributed by atoms with Crippen LogP contribution in [-0.4, -0.2) is 28.7 Å². The highest BCUT2D eigenvalue weighted by Crippen LogP contribution is 2.26. The van der Waals surface area contributed by atoms with Crippen LogP contribution in [-0.2, 0) is 6.42 Å². The molecule has 1 aromatic heterocycles. The summed E-state index contributed by atoms with van der Waals surface area (Å²) in [5.41, 5.74) is 9.14. The Labute approximate surface area is 127 Å². The van der Waals surface area contributed by atoms with Gasteiger partial charge in [-0.3, -0.25) is 4.90 Å². The molecule has 1 aromatic carbocycles. The van der Waals surface area contributed by atoms with Crippen molar-refractivity contribution >= 4 is 0 Å². The van der Waals surface area contributed by atoms with Gasteiger partial charge in [-0.05, 0) is 43.9 Å². The van der Waals surface area contributed by atoms with E-state index in [0.717, 1.165) is 25.9 Å². The zero-order valence-corrected chi connectivity index (χ0v) is 12.8. The molecule has 0 radical (unpaired) electrons. The van der Waals surface area contributed by atoms with Gasteiger partial charge in [0.05, 0.1) is 6.17 Å². The second kappa shape index (κ2) is 6.46. The molecule has 1 fully saturated rings. The van der Waals surface area contributed by atoms with Crippen LogP contribution in [0.2, 0.25) is 0 Å². The fourth-order valence-electron chi connectivity index (χ4n) is 3.36. The summed E-state index contributed by atoms with van der Waals surface area (Å²) in [7, 11) is 0. The van der Waals surface area contributed by atoms with Crippen molar-refractivity contribution in [3.63, 3.8) is 0 Å². The van der Waals surface area contributed by atoms with Crippen molar-refractivity contribution in [1.82, 2.24) is 9.47 Å². The van der Waals surface area contributed by atoms with Gasteiger partial charge in [-0.15, -0.1) is 0 Å². The Morgan fingerprint density at radius 2 is 1.95 bits per heavy atom. The first-order valence-electron chi connectivity index (χ1n) is 7.91. The van der Waals surface area contributed by atoms with Gasteiger partial charge in [-0.1, -0.05) is 30.3 Å². The monoisotopic (exact) mass is 283 g/mol. The third-order valence-electron chi connectivity index (χ3n) is 4.65. The Balaban J connectivity index is 1.55. The molecule has 2 heterocycles. The van der Waals surface area contributed by atoms with E-state index in [1.54, 1.807) is 0 Å². The fraction of sp³-hybridized carbons (Fsp3) is 0.444. The maximum absolute atomic E-state index is 6.40. The number of hydrogen-bond acceptors (Lipinski definition) is 2. The van der Waals surface area contributed by atoms with Gasteiger partial charge >= 0.3 is 0 Å². The summed E-state index contributed by atoms with van der Waals surface area (Å²) in [6.07, 6.45) is 5.69. The molecule has 1 saturated heterocycles. The van der Waals surface area contributed by atoms with Crippen molar-refractivity contribution in [2.24, 2.45) is 5.73 Å². The number of hydrogen-bond donors (Lipinski definition) is 1. The number of aryl methyl sites for hydroxylation is 1. The van der Waals surface area contributed by atoms with Crippen molar-refractivity contribution in [3.05, 3.63) is 59.9 Å². The Bertz CT molecular complexity index is 561. The van der Waals surface area contributed by atoms with Crippen molar-refractivity contribution in [2.75, 3.05) is 13.1 Å². The average Bonchev–Trinajstić information content (AvgIpc) is 2.93. The van der Waals surface area contributed by atoms with Gasteiger partial charge in [0.25, 0.3) is 0 Å². The minimum Gasteiger partial charge on any atom is -0.349 e. The predicted molar refractivity (Wildman–Crippen MR) is 87.1 cm³/mol. The van der Waals surface area contributed by atoms with E-state index in [0.29, 0.717) is 6.04 Å². The van der Waals surface area contributed by atoms with Gasteiger partial charge < -0.3 is 10.3 Å². The summed E-state index contributed by atoms with van der Waals surface area (Å²) in [5.74, 6) is 0. The molecule has 3 nitrogen and oxygen atoms in total. The quantitative estimate of drug-likeness (QED) is 0.936. The van der Waals surface area contributed by atoms with E-state index in [1.165, 1.54) is 17.7 Å². The molecule has 2 N–H and O–H groups in total. The summed E-state index contributed by atoms with van der Waals surface area (Å²) in [6, 6.07) is 15.5. The van der Waals surface area contributed by atoms with E-state index in [2.05, 4.69) is 65.1 Å². The molecular weight excluding hydrogens is 258 g/mol. The predicted octanol–water partition coefficient (Wildman–Crippen LogP) is 2.96. The highest BCUT2D eigenvalue weighted by Gasteiger charge is 2.26. The standard InChI is InChI=1S/C18H25N3/c1-15-6-5-11-21(15)17-10-13-20(18(19)14-17)12-9-16-7-3-2-4-8-16/h2-8,11,17-18H,9-10,12-14,19H2,1H3. The topological polar surface area (TPSA) is 34.2 Å². The van der Waals surface area contributed by atoms with E-state index in [4.69, 9.17) is 5.73 Å². The molecule has 0 saturated carbocycles. The Morgan fingerprint density at radius 1 is 1.14 bits per heavy atom. The number of aromatic nitrogens is 1. The normalized spacial score (nSPS) is 23.3. The number of nitrogens with two attached hydrogens (primary N) is 1. The number of benzene rings is 1. The summed E-state index contributed by atoms with van der Waals surface area (Å²) >= 11 is 0. The van der Waals surface area contributed by atoms with Crippen LogP contribution < -0.4 is 5.73 Å². The highest BCUT2D eigenvalue weighted by atomic mass is 15.2. The first-order valence-corrected chi connectivity index (χ1v) is 7.91. The van der Waals surface area contributed by atoms with E-state index < -0.39 is 0 Å². The van der Waals surface area contributed by atoms with Crippen LogP contribution in [0.1, 0.15) is 30.1 Å². The van der Waals surface area contributed by atoms with Gasteiger partial charge in [0.15, 0.2) is 0 Å². The molecule has 0 spiro atoms. The van der Waals surface area contributed by atoms with Gasteiger partial charge in [0, 0.05) is 31.0 Å². The highest BCUT2D eigenvalue weighted by molar-refractivity contribution is 5.15. The smallest absolute Gasteiger partial charge is 0.0591 e. The molecule has 0 bridgehead atoms. The number of likely N-dealkylation sites (tertiary alicyclic amines) is 1. The second-order valence-corrected chi connectivity index (χ2v) is 6.07. The lowest BCUT2D eigenvalue weighted by Gasteiger charge is -2.38. The lowest BCUT2D eigenvalue weighted by atomic mass is 10.0. The van der Waals surface area contributed by atoms with Crippen molar-refractivity contribution in [2.45, 2.75) is 38.4 Å². The van der Waals surface area contributed by atoms with Crippen molar-refractivity contribution < 1.29 is 0 Å². The summed E-state index contributed by atoms with van der Waals surface area (Å²) in [6.45, 7) is 4.33. The minimum atomic E-state index is 0.175. The number of rotatable bonds is 4. The van der Waals surface area contributed by atoms with Crippen LogP contribution in [0.3, 0.4) is 0 Å². The van der Waals surface area contributed by atoms with E-state index in [-0.39, 0.29) is 6.17 Å². The maximum Gasteiger partial charge on any atom is 0.0591 e. The third kappa shape index (κ3) is 3.36. The van der Waals surface area contributed by atoms with Gasteiger partial charge in [-0.2, -0.15) is 0 Å². The molecule has 0 aliphatic carbocycles. The molecule has 2 unspecified atom stereocenters. The van der Waals surface area contributed by atoms with Crippen LogP contribution >= 0.6 is 0 Å². The van der Waals surface area contributed by atoms with Gasteiger partial charge in [0.2, 0.25) is 0 Å². The largest absolute Gasteiger partial charge is 0.349 e. The van der Waals surface area contributed by atoms with E-state index in [9.17, 15) is 0 Å². The summed E-state index contributed by atoms with van der Waals surface area (Å²) in [4.78, 5) is 2.43. The zero-order chi connectivity index (χ0) is 14.7.